The molecule has 1 aliphatic carbocycles. The number of nitrogens with one attached hydrogen (secondary N) is 1. The molecule has 3 nitrogen and oxygen atoms in total. The van der Waals surface area contributed by atoms with Crippen molar-refractivity contribution < 1.29 is 0 Å². The van der Waals surface area contributed by atoms with Gasteiger partial charge >= 0.3 is 0 Å². The molecule has 1 N–H and O–H groups in total. The summed E-state index contributed by atoms with van der Waals surface area (Å²) in [7, 11) is 0. The van der Waals surface area contributed by atoms with Crippen molar-refractivity contribution in [2.24, 2.45) is 10.8 Å². The first-order chi connectivity index (χ1) is 9.36. The van der Waals surface area contributed by atoms with Gasteiger partial charge in [0.2, 0.25) is 0 Å². The van der Waals surface area contributed by atoms with Crippen LogP contribution in [0.3, 0.4) is 0 Å². The van der Waals surface area contributed by atoms with Gasteiger partial charge in [0.15, 0.2) is 0 Å². The number of hydrogen-bond donors (Lipinski definition) is 1. The van der Waals surface area contributed by atoms with Crippen LogP contribution in [0, 0.1) is 10.8 Å². The van der Waals surface area contributed by atoms with E-state index >= 15 is 0 Å². The zero-order valence-corrected chi connectivity index (χ0v) is 13.7. The molecular formula is C17H31N3. The molecule has 0 aliphatic heterocycles. The van der Waals surface area contributed by atoms with Crippen molar-refractivity contribution in [1.29, 1.82) is 0 Å². The average molecular weight is 277 g/mol. The van der Waals surface area contributed by atoms with Crippen molar-refractivity contribution >= 4 is 0 Å². The van der Waals surface area contributed by atoms with Crippen LogP contribution in [0.4, 0.5) is 0 Å². The summed E-state index contributed by atoms with van der Waals surface area (Å²) in [5.41, 5.74) is 0.965. The van der Waals surface area contributed by atoms with Gasteiger partial charge in [-0.05, 0) is 49.5 Å². The summed E-state index contributed by atoms with van der Waals surface area (Å²) in [4.78, 5) is 4.07. The molecule has 1 aromatic heterocycles. The second kappa shape index (κ2) is 6.30. The van der Waals surface area contributed by atoms with Crippen LogP contribution in [0.2, 0.25) is 0 Å². The van der Waals surface area contributed by atoms with Gasteiger partial charge in [-0.1, -0.05) is 27.7 Å². The third-order valence-electron chi connectivity index (χ3n) is 4.39. The van der Waals surface area contributed by atoms with Crippen LogP contribution in [0.5, 0.6) is 0 Å². The summed E-state index contributed by atoms with van der Waals surface area (Å²) in [6.07, 6.45) is 12.2. The van der Waals surface area contributed by atoms with Crippen molar-refractivity contribution in [1.82, 2.24) is 14.9 Å². The SMILES string of the molecule is CC1(C)CC(NCCCCn2ccnc2)CC(C)(C)C1. The van der Waals surface area contributed by atoms with Crippen molar-refractivity contribution in [2.45, 2.75) is 72.4 Å². The smallest absolute Gasteiger partial charge is 0.0945 e. The Bertz CT molecular complexity index is 376. The molecule has 0 aromatic carbocycles. The number of aryl methyl sites for hydroxylation is 1. The summed E-state index contributed by atoms with van der Waals surface area (Å²) in [6, 6.07) is 0.696. The van der Waals surface area contributed by atoms with Gasteiger partial charge in [0, 0.05) is 25.0 Å². The Morgan fingerprint density at radius 2 is 1.85 bits per heavy atom. The molecule has 1 heterocycles. The van der Waals surface area contributed by atoms with Gasteiger partial charge in [-0.25, -0.2) is 4.98 Å². The van der Waals surface area contributed by atoms with E-state index in [1.807, 2.05) is 18.7 Å². The van der Waals surface area contributed by atoms with E-state index in [1.165, 1.54) is 32.1 Å². The summed E-state index contributed by atoms with van der Waals surface area (Å²) < 4.78 is 2.16. The van der Waals surface area contributed by atoms with Gasteiger partial charge in [0.1, 0.15) is 0 Å². The molecule has 0 radical (unpaired) electrons. The third-order valence-corrected chi connectivity index (χ3v) is 4.39. The predicted octanol–water partition coefficient (Wildman–Crippen LogP) is 3.86. The molecule has 0 bridgehead atoms. The van der Waals surface area contributed by atoms with Crippen LogP contribution in [0.15, 0.2) is 18.7 Å². The van der Waals surface area contributed by atoms with Gasteiger partial charge in [-0.3, -0.25) is 0 Å². The predicted molar refractivity (Wildman–Crippen MR) is 84.7 cm³/mol. The molecule has 1 aliphatic rings. The molecule has 2 rings (SSSR count). The molecule has 0 amide bonds. The minimum Gasteiger partial charge on any atom is -0.337 e. The van der Waals surface area contributed by atoms with E-state index in [0.717, 1.165) is 13.1 Å². The molecule has 1 fully saturated rings. The summed E-state index contributed by atoms with van der Waals surface area (Å²) in [6.45, 7) is 11.9. The van der Waals surface area contributed by atoms with Crippen LogP contribution in [-0.4, -0.2) is 22.1 Å². The highest BCUT2D eigenvalue weighted by Gasteiger charge is 2.37. The Labute approximate surface area is 124 Å². The molecule has 0 spiro atoms. The Morgan fingerprint density at radius 1 is 1.15 bits per heavy atom. The molecule has 3 heteroatoms. The normalized spacial score (nSPS) is 22.0. The fourth-order valence-corrected chi connectivity index (χ4v) is 4.13. The van der Waals surface area contributed by atoms with Crippen LogP contribution < -0.4 is 5.32 Å². The number of hydrogen-bond acceptors (Lipinski definition) is 2. The van der Waals surface area contributed by atoms with Gasteiger partial charge in [0.25, 0.3) is 0 Å². The number of rotatable bonds is 6. The Hall–Kier alpha value is -0.830. The van der Waals surface area contributed by atoms with Crippen molar-refractivity contribution in [2.75, 3.05) is 6.54 Å². The minimum absolute atomic E-state index is 0.482. The Kier molecular flexibility index (Phi) is 4.90. The molecule has 114 valence electrons. The summed E-state index contributed by atoms with van der Waals surface area (Å²) in [5, 5.41) is 3.79. The zero-order chi connectivity index (χ0) is 14.6. The van der Waals surface area contributed by atoms with Crippen LogP contribution in [0.25, 0.3) is 0 Å². The van der Waals surface area contributed by atoms with Crippen LogP contribution in [-0.2, 0) is 6.54 Å². The molecule has 1 aromatic rings. The van der Waals surface area contributed by atoms with Gasteiger partial charge < -0.3 is 9.88 Å². The largest absolute Gasteiger partial charge is 0.337 e. The first kappa shape index (κ1) is 15.6. The second-order valence-electron chi connectivity index (χ2n) is 8.07. The quantitative estimate of drug-likeness (QED) is 0.800. The molecule has 20 heavy (non-hydrogen) atoms. The molecule has 0 unspecified atom stereocenters. The van der Waals surface area contributed by atoms with Crippen molar-refractivity contribution in [3.8, 4) is 0 Å². The second-order valence-corrected chi connectivity index (χ2v) is 8.07. The highest BCUT2D eigenvalue weighted by molar-refractivity contribution is 4.92. The van der Waals surface area contributed by atoms with E-state index in [0.29, 0.717) is 16.9 Å². The number of unbranched alkanes of at least 4 members (excludes halogenated alkanes) is 1. The molecule has 1 saturated carbocycles. The first-order valence-electron chi connectivity index (χ1n) is 8.06. The summed E-state index contributed by atoms with van der Waals surface area (Å²) in [5.74, 6) is 0. The maximum absolute atomic E-state index is 4.07. The van der Waals surface area contributed by atoms with E-state index in [1.54, 1.807) is 0 Å². The van der Waals surface area contributed by atoms with Gasteiger partial charge in [0.05, 0.1) is 6.33 Å². The van der Waals surface area contributed by atoms with E-state index in [2.05, 4.69) is 42.6 Å². The lowest BCUT2D eigenvalue weighted by atomic mass is 9.63. The first-order valence-corrected chi connectivity index (χ1v) is 8.06. The topological polar surface area (TPSA) is 29.9 Å². The number of nitrogens with zero attached hydrogens (tertiary/aromatic N) is 2. The highest BCUT2D eigenvalue weighted by Crippen LogP contribution is 2.45. The van der Waals surface area contributed by atoms with Crippen LogP contribution >= 0.6 is 0 Å². The fourth-order valence-electron chi connectivity index (χ4n) is 4.13. The number of aromatic nitrogens is 2. The monoisotopic (exact) mass is 277 g/mol. The Morgan fingerprint density at radius 3 is 2.45 bits per heavy atom. The lowest BCUT2D eigenvalue weighted by Gasteiger charge is -2.45. The van der Waals surface area contributed by atoms with Crippen molar-refractivity contribution in [3.05, 3.63) is 18.7 Å². The average Bonchev–Trinajstić information content (AvgIpc) is 2.77. The van der Waals surface area contributed by atoms with Crippen LogP contribution in [0.1, 0.15) is 59.8 Å². The maximum atomic E-state index is 4.07. The van der Waals surface area contributed by atoms with Crippen molar-refractivity contribution in [3.63, 3.8) is 0 Å². The number of imidazole rings is 1. The maximum Gasteiger partial charge on any atom is 0.0945 e. The van der Waals surface area contributed by atoms with E-state index in [-0.39, 0.29) is 0 Å². The molecule has 0 atom stereocenters. The Balaban J connectivity index is 1.66. The van der Waals surface area contributed by atoms with E-state index in [4.69, 9.17) is 0 Å². The molecule has 0 saturated heterocycles. The molecular weight excluding hydrogens is 246 g/mol. The lowest BCUT2D eigenvalue weighted by Crippen LogP contribution is -2.44. The lowest BCUT2D eigenvalue weighted by molar-refractivity contribution is 0.0850. The third kappa shape index (κ3) is 4.93. The van der Waals surface area contributed by atoms with E-state index in [9.17, 15) is 0 Å². The highest BCUT2D eigenvalue weighted by atomic mass is 15.0. The van der Waals surface area contributed by atoms with E-state index < -0.39 is 0 Å². The zero-order valence-electron chi connectivity index (χ0n) is 13.7. The fraction of sp³-hybridized carbons (Fsp3) is 0.824. The summed E-state index contributed by atoms with van der Waals surface area (Å²) >= 11 is 0. The minimum atomic E-state index is 0.482. The van der Waals surface area contributed by atoms with Gasteiger partial charge in [-0.2, -0.15) is 0 Å². The van der Waals surface area contributed by atoms with Gasteiger partial charge in [-0.15, -0.1) is 0 Å². The standard InChI is InChI=1S/C17H31N3/c1-16(2)11-15(12-17(3,4)13-16)19-7-5-6-9-20-10-8-18-14-20/h8,10,14-15,19H,5-7,9,11-13H2,1-4H3.